The highest BCUT2D eigenvalue weighted by Crippen LogP contribution is 2.36. The van der Waals surface area contributed by atoms with Crippen LogP contribution in [0.25, 0.3) is 0 Å². The minimum absolute atomic E-state index is 0.134. The molecule has 134 valence electrons. The Labute approximate surface area is 152 Å². The van der Waals surface area contributed by atoms with Crippen LogP contribution in [0.4, 0.5) is 24.5 Å². The largest absolute Gasteiger partial charge is 0.417 e. The second-order valence-electron chi connectivity index (χ2n) is 5.15. The Morgan fingerprint density at radius 2 is 1.96 bits per heavy atom. The lowest BCUT2D eigenvalue weighted by Gasteiger charge is -2.11. The fraction of sp³-hybridized carbons (Fsp3) is 0.118. The average Bonchev–Trinajstić information content (AvgIpc) is 2.58. The van der Waals surface area contributed by atoms with E-state index in [9.17, 15) is 18.0 Å². The van der Waals surface area contributed by atoms with Gasteiger partial charge in [0.2, 0.25) is 0 Å². The number of hydrogen-bond donors (Lipinski definition) is 2. The molecule has 9 heteroatoms. The first-order valence-corrected chi connectivity index (χ1v) is 7.56. The fourth-order valence-electron chi connectivity index (χ4n) is 1.88. The highest BCUT2D eigenvalue weighted by atomic mass is 35.5. The summed E-state index contributed by atoms with van der Waals surface area (Å²) in [5, 5.41) is 13.6. The van der Waals surface area contributed by atoms with Gasteiger partial charge in [-0.2, -0.15) is 18.4 Å². The van der Waals surface area contributed by atoms with Gasteiger partial charge in [-0.1, -0.05) is 11.6 Å². The molecular formula is C17H12ClF3N4O. The van der Waals surface area contributed by atoms with Crippen LogP contribution < -0.4 is 10.6 Å². The van der Waals surface area contributed by atoms with Crippen LogP contribution >= 0.6 is 11.6 Å². The quantitative estimate of drug-likeness (QED) is 0.604. The summed E-state index contributed by atoms with van der Waals surface area (Å²) in [7, 11) is 0. The van der Waals surface area contributed by atoms with Crippen molar-refractivity contribution in [2.24, 2.45) is 0 Å². The van der Waals surface area contributed by atoms with Gasteiger partial charge in [-0.25, -0.2) is 0 Å². The molecule has 1 aromatic carbocycles. The van der Waals surface area contributed by atoms with Gasteiger partial charge in [0.05, 0.1) is 22.5 Å². The third kappa shape index (κ3) is 4.97. The number of hydrogen-bond acceptors (Lipinski definition) is 4. The molecule has 2 aromatic rings. The monoisotopic (exact) mass is 380 g/mol. The van der Waals surface area contributed by atoms with E-state index in [1.54, 1.807) is 25.1 Å². The summed E-state index contributed by atoms with van der Waals surface area (Å²) in [4.78, 5) is 16.1. The number of amides is 1. The van der Waals surface area contributed by atoms with E-state index in [1.165, 1.54) is 12.3 Å². The van der Waals surface area contributed by atoms with Crippen LogP contribution in [0.3, 0.4) is 0 Å². The highest BCUT2D eigenvalue weighted by molar-refractivity contribution is 6.31. The minimum Gasteiger partial charge on any atom is -0.359 e. The molecule has 0 unspecified atom stereocenters. The van der Waals surface area contributed by atoms with E-state index in [2.05, 4.69) is 15.6 Å². The number of rotatable bonds is 4. The van der Waals surface area contributed by atoms with Crippen LogP contribution in [0.1, 0.15) is 11.3 Å². The number of halogens is 4. The number of anilines is 2. The van der Waals surface area contributed by atoms with E-state index in [1.807, 2.05) is 0 Å². The number of nitriles is 1. The molecule has 0 bridgehead atoms. The van der Waals surface area contributed by atoms with Gasteiger partial charge in [-0.05, 0) is 37.3 Å². The molecule has 0 saturated heterocycles. The third-order valence-electron chi connectivity index (χ3n) is 3.19. The molecule has 0 spiro atoms. The molecular weight excluding hydrogens is 369 g/mol. The minimum atomic E-state index is -4.66. The number of alkyl halides is 3. The highest BCUT2D eigenvalue weighted by Gasteiger charge is 2.33. The van der Waals surface area contributed by atoms with Gasteiger partial charge in [0, 0.05) is 17.6 Å². The number of carbonyl (C=O) groups excluding carboxylic acids is 1. The molecule has 0 fully saturated rings. The second-order valence-corrected chi connectivity index (χ2v) is 5.56. The van der Waals surface area contributed by atoms with Gasteiger partial charge in [0.25, 0.3) is 5.91 Å². The Morgan fingerprint density at radius 1 is 1.27 bits per heavy atom. The number of benzene rings is 1. The molecule has 0 saturated carbocycles. The summed E-state index contributed by atoms with van der Waals surface area (Å²) in [5.74, 6) is -0.865. The summed E-state index contributed by atoms with van der Waals surface area (Å²) < 4.78 is 38.6. The van der Waals surface area contributed by atoms with Crippen LogP contribution in [0.15, 0.2) is 48.3 Å². The standard InChI is InChI=1S/C17H12ClF3N4O/c1-10-2-3-13(9-23-10)24-8-11(7-22)16(26)25-12-4-5-15(18)14(6-12)17(19,20)21/h2-6,8-9,24H,1H3,(H,25,26)/b11-8-. The number of carbonyl (C=O) groups is 1. The number of aryl methyl sites for hydroxylation is 1. The zero-order valence-electron chi connectivity index (χ0n) is 13.4. The summed E-state index contributed by atoms with van der Waals surface area (Å²) in [6, 6.07) is 8.03. The average molecular weight is 381 g/mol. The topological polar surface area (TPSA) is 77.8 Å². The number of aromatic nitrogens is 1. The molecule has 5 nitrogen and oxygen atoms in total. The van der Waals surface area contributed by atoms with Gasteiger partial charge >= 0.3 is 6.18 Å². The summed E-state index contributed by atoms with van der Waals surface area (Å²) >= 11 is 5.52. The lowest BCUT2D eigenvalue weighted by atomic mass is 10.2. The molecule has 26 heavy (non-hydrogen) atoms. The van der Waals surface area contributed by atoms with Crippen molar-refractivity contribution in [3.05, 3.63) is 64.6 Å². The molecule has 1 amide bonds. The summed E-state index contributed by atoms with van der Waals surface area (Å²) in [6.45, 7) is 1.80. The van der Waals surface area contributed by atoms with Crippen LogP contribution in [0, 0.1) is 18.3 Å². The molecule has 0 radical (unpaired) electrons. The smallest absolute Gasteiger partial charge is 0.359 e. The van der Waals surface area contributed by atoms with Crippen LogP contribution in [-0.2, 0) is 11.0 Å². The lowest BCUT2D eigenvalue weighted by Crippen LogP contribution is -2.15. The van der Waals surface area contributed by atoms with Gasteiger partial charge < -0.3 is 10.6 Å². The van der Waals surface area contributed by atoms with E-state index in [0.717, 1.165) is 18.0 Å². The molecule has 0 aliphatic heterocycles. The maximum Gasteiger partial charge on any atom is 0.417 e. The molecule has 2 N–H and O–H groups in total. The first kappa shape index (κ1) is 19.3. The molecule has 2 rings (SSSR count). The Morgan fingerprint density at radius 3 is 2.54 bits per heavy atom. The van der Waals surface area contributed by atoms with Gasteiger partial charge in [0.1, 0.15) is 11.6 Å². The summed E-state index contributed by atoms with van der Waals surface area (Å²) in [5.41, 5.74) is -0.203. The Bertz CT molecular complexity index is 886. The van der Waals surface area contributed by atoms with E-state index in [4.69, 9.17) is 16.9 Å². The van der Waals surface area contributed by atoms with Gasteiger partial charge in [0.15, 0.2) is 0 Å². The molecule has 0 aliphatic rings. The maximum atomic E-state index is 12.9. The maximum absolute atomic E-state index is 12.9. The molecule has 1 heterocycles. The lowest BCUT2D eigenvalue weighted by molar-refractivity contribution is -0.137. The predicted octanol–water partition coefficient (Wildman–Crippen LogP) is 4.52. The fourth-order valence-corrected chi connectivity index (χ4v) is 2.10. The van der Waals surface area contributed by atoms with Gasteiger partial charge in [-0.3, -0.25) is 9.78 Å². The second kappa shape index (κ2) is 7.89. The zero-order chi connectivity index (χ0) is 19.3. The first-order valence-electron chi connectivity index (χ1n) is 7.18. The predicted molar refractivity (Wildman–Crippen MR) is 91.4 cm³/mol. The Balaban J connectivity index is 2.15. The van der Waals surface area contributed by atoms with Crippen molar-refractivity contribution in [2.45, 2.75) is 13.1 Å². The summed E-state index contributed by atoms with van der Waals surface area (Å²) in [6.07, 6.45) is -2.01. The van der Waals surface area contributed by atoms with Crippen molar-refractivity contribution in [1.29, 1.82) is 5.26 Å². The van der Waals surface area contributed by atoms with Crippen molar-refractivity contribution in [2.75, 3.05) is 10.6 Å². The van der Waals surface area contributed by atoms with Crippen molar-refractivity contribution in [1.82, 2.24) is 4.98 Å². The van der Waals surface area contributed by atoms with Crippen LogP contribution in [0.5, 0.6) is 0 Å². The zero-order valence-corrected chi connectivity index (χ0v) is 14.1. The van der Waals surface area contributed by atoms with Gasteiger partial charge in [-0.15, -0.1) is 0 Å². The van der Waals surface area contributed by atoms with Crippen molar-refractivity contribution in [3.63, 3.8) is 0 Å². The number of pyridine rings is 1. The van der Waals surface area contributed by atoms with Crippen molar-refractivity contribution in [3.8, 4) is 6.07 Å². The van der Waals surface area contributed by atoms with E-state index < -0.39 is 22.7 Å². The van der Waals surface area contributed by atoms with E-state index in [-0.39, 0.29) is 11.3 Å². The van der Waals surface area contributed by atoms with Crippen LogP contribution in [0.2, 0.25) is 5.02 Å². The normalized spacial score (nSPS) is 11.6. The molecule has 0 aliphatic carbocycles. The number of nitrogens with one attached hydrogen (secondary N) is 2. The van der Waals surface area contributed by atoms with Crippen LogP contribution in [-0.4, -0.2) is 10.9 Å². The SMILES string of the molecule is Cc1ccc(N/C=C(/C#N)C(=O)Nc2ccc(Cl)c(C(F)(F)F)c2)cn1. The molecule has 1 aromatic heterocycles. The van der Waals surface area contributed by atoms with Crippen molar-refractivity contribution < 1.29 is 18.0 Å². The van der Waals surface area contributed by atoms with Crippen molar-refractivity contribution >= 4 is 28.9 Å². The van der Waals surface area contributed by atoms with E-state index >= 15 is 0 Å². The molecule has 0 atom stereocenters. The third-order valence-corrected chi connectivity index (χ3v) is 3.52. The Hall–Kier alpha value is -3.05. The number of nitrogens with zero attached hydrogens (tertiary/aromatic N) is 2. The Kier molecular flexibility index (Phi) is 5.85. The first-order chi connectivity index (χ1) is 12.2. The van der Waals surface area contributed by atoms with E-state index in [0.29, 0.717) is 11.8 Å².